The Morgan fingerprint density at radius 3 is 2.53 bits per heavy atom. The first-order chi connectivity index (χ1) is 15.0. The van der Waals surface area contributed by atoms with Gasteiger partial charge in [-0.3, -0.25) is 9.89 Å². The predicted molar refractivity (Wildman–Crippen MR) is 144 cm³/mol. The number of guanidine groups is 1. The van der Waals surface area contributed by atoms with Crippen LogP contribution in [0.4, 0.5) is 0 Å². The number of nitrogens with one attached hydrogen (secondary N) is 2. The summed E-state index contributed by atoms with van der Waals surface area (Å²) in [5, 5.41) is 9.24. The molecule has 0 spiro atoms. The summed E-state index contributed by atoms with van der Waals surface area (Å²) in [5.41, 5.74) is 1.20. The Kier molecular flexibility index (Phi) is 11.0. The number of methoxy groups -OCH3 is 2. The quantitative estimate of drug-likeness (QED) is 0.273. The van der Waals surface area contributed by atoms with Gasteiger partial charge in [-0.15, -0.1) is 35.3 Å². The third-order valence-electron chi connectivity index (χ3n) is 5.61. The summed E-state index contributed by atoms with van der Waals surface area (Å²) in [6.45, 7) is 3.71. The zero-order valence-corrected chi connectivity index (χ0v) is 22.8. The van der Waals surface area contributed by atoms with Crippen molar-refractivity contribution in [3.8, 4) is 11.5 Å². The maximum Gasteiger partial charge on any atom is 0.191 e. The Labute approximate surface area is 213 Å². The number of likely N-dealkylation sites (tertiary alicyclic amines) is 1. The van der Waals surface area contributed by atoms with E-state index in [1.165, 1.54) is 10.4 Å². The van der Waals surface area contributed by atoms with Gasteiger partial charge in [-0.1, -0.05) is 6.07 Å². The highest BCUT2D eigenvalue weighted by Gasteiger charge is 2.24. The van der Waals surface area contributed by atoms with Crippen LogP contribution in [0.15, 0.2) is 40.7 Å². The van der Waals surface area contributed by atoms with Crippen LogP contribution < -0.4 is 20.1 Å². The lowest BCUT2D eigenvalue weighted by Crippen LogP contribution is -2.46. The minimum Gasteiger partial charge on any atom is -0.497 e. The van der Waals surface area contributed by atoms with Crippen molar-refractivity contribution in [1.29, 1.82) is 0 Å². The molecule has 3 rings (SSSR count). The molecule has 2 atom stereocenters. The van der Waals surface area contributed by atoms with Gasteiger partial charge in [0.25, 0.3) is 0 Å². The molecule has 2 heterocycles. The average Bonchev–Trinajstić information content (AvgIpc) is 3.45. The lowest BCUT2D eigenvalue weighted by atomic mass is 10.2. The second-order valence-corrected chi connectivity index (χ2v) is 9.01. The summed E-state index contributed by atoms with van der Waals surface area (Å²) in [6, 6.07) is 11.1. The second kappa shape index (κ2) is 13.2. The van der Waals surface area contributed by atoms with Crippen LogP contribution in [0.3, 0.4) is 0 Å². The van der Waals surface area contributed by atoms with Gasteiger partial charge >= 0.3 is 0 Å². The molecule has 0 saturated carbocycles. The Morgan fingerprint density at radius 2 is 1.97 bits per heavy atom. The van der Waals surface area contributed by atoms with Gasteiger partial charge in [-0.25, -0.2) is 0 Å². The van der Waals surface area contributed by atoms with E-state index in [9.17, 15) is 0 Å². The fourth-order valence-electron chi connectivity index (χ4n) is 3.91. The summed E-state index contributed by atoms with van der Waals surface area (Å²) in [4.78, 5) is 10.5. The zero-order valence-electron chi connectivity index (χ0n) is 19.6. The van der Waals surface area contributed by atoms with Crippen molar-refractivity contribution in [3.63, 3.8) is 0 Å². The first-order valence-electron chi connectivity index (χ1n) is 10.6. The number of nitrogens with zero attached hydrogens (tertiary/aromatic N) is 3. The molecule has 1 aliphatic heterocycles. The summed E-state index contributed by atoms with van der Waals surface area (Å²) in [5.74, 6) is 2.52. The van der Waals surface area contributed by atoms with E-state index in [-0.39, 0.29) is 24.0 Å². The topological polar surface area (TPSA) is 61.4 Å². The third-order valence-corrected chi connectivity index (χ3v) is 6.59. The minimum atomic E-state index is 0. The van der Waals surface area contributed by atoms with Gasteiger partial charge in [0.2, 0.25) is 0 Å². The molecule has 0 radical (unpaired) electrons. The largest absolute Gasteiger partial charge is 0.497 e. The molecule has 1 fully saturated rings. The molecule has 0 bridgehead atoms. The molecule has 1 aromatic carbocycles. The van der Waals surface area contributed by atoms with Gasteiger partial charge in [-0.2, -0.15) is 0 Å². The normalized spacial score (nSPS) is 17.7. The molecule has 7 nitrogen and oxygen atoms in total. The van der Waals surface area contributed by atoms with Crippen LogP contribution in [-0.2, 0) is 6.54 Å². The van der Waals surface area contributed by atoms with E-state index < -0.39 is 0 Å². The van der Waals surface area contributed by atoms with Crippen LogP contribution >= 0.6 is 35.3 Å². The van der Waals surface area contributed by atoms with Crippen molar-refractivity contribution in [3.05, 3.63) is 46.2 Å². The van der Waals surface area contributed by atoms with Crippen LogP contribution in [0.2, 0.25) is 0 Å². The molecule has 2 unspecified atom stereocenters. The van der Waals surface area contributed by atoms with Gasteiger partial charge < -0.3 is 25.0 Å². The molecule has 0 amide bonds. The first kappa shape index (κ1) is 26.7. The fraction of sp³-hybridized carbons (Fsp3) is 0.522. The van der Waals surface area contributed by atoms with Gasteiger partial charge in [0, 0.05) is 50.2 Å². The van der Waals surface area contributed by atoms with Gasteiger partial charge in [-0.05, 0) is 49.7 Å². The van der Waals surface area contributed by atoms with E-state index in [1.54, 1.807) is 25.6 Å². The third kappa shape index (κ3) is 7.50. The Bertz CT molecular complexity index is 825. The molecular formula is C23H36IN5O2S. The van der Waals surface area contributed by atoms with E-state index in [0.29, 0.717) is 12.1 Å². The minimum absolute atomic E-state index is 0. The van der Waals surface area contributed by atoms with Crippen molar-refractivity contribution >= 4 is 41.3 Å². The van der Waals surface area contributed by atoms with E-state index in [1.807, 2.05) is 13.1 Å². The highest BCUT2D eigenvalue weighted by Crippen LogP contribution is 2.25. The molecule has 0 aliphatic carbocycles. The highest BCUT2D eigenvalue weighted by molar-refractivity contribution is 14.0. The first-order valence-corrected chi connectivity index (χ1v) is 11.5. The predicted octanol–water partition coefficient (Wildman–Crippen LogP) is 3.43. The highest BCUT2D eigenvalue weighted by atomic mass is 127. The van der Waals surface area contributed by atoms with Crippen molar-refractivity contribution in [2.75, 3.05) is 55.0 Å². The summed E-state index contributed by atoms with van der Waals surface area (Å²) in [7, 11) is 9.44. The van der Waals surface area contributed by atoms with Crippen LogP contribution in [-0.4, -0.2) is 76.8 Å². The molecule has 178 valence electrons. The molecule has 32 heavy (non-hydrogen) atoms. The van der Waals surface area contributed by atoms with Crippen LogP contribution in [0.5, 0.6) is 11.5 Å². The number of likely N-dealkylation sites (N-methyl/N-ethyl adjacent to an activating group) is 1. The van der Waals surface area contributed by atoms with Crippen LogP contribution in [0.25, 0.3) is 0 Å². The zero-order chi connectivity index (χ0) is 22.2. The van der Waals surface area contributed by atoms with Crippen molar-refractivity contribution in [2.45, 2.75) is 25.0 Å². The number of ether oxygens (including phenoxy) is 2. The number of hydrogen-bond acceptors (Lipinski definition) is 6. The smallest absolute Gasteiger partial charge is 0.191 e. The van der Waals surface area contributed by atoms with E-state index >= 15 is 0 Å². The SMILES string of the molecule is CN=C(NCC(c1cccs1)N(C)C)NC1CCN(Cc2cc(OC)cc(OC)c2)C1.I. The monoisotopic (exact) mass is 573 g/mol. The van der Waals surface area contributed by atoms with E-state index in [0.717, 1.165) is 50.1 Å². The number of hydrogen-bond donors (Lipinski definition) is 2. The van der Waals surface area contributed by atoms with Gasteiger partial charge in [0.1, 0.15) is 11.5 Å². The van der Waals surface area contributed by atoms with Crippen LogP contribution in [0, 0.1) is 0 Å². The molecule has 2 N–H and O–H groups in total. The fourth-order valence-corrected chi connectivity index (χ4v) is 4.83. The maximum absolute atomic E-state index is 5.40. The van der Waals surface area contributed by atoms with Crippen molar-refractivity contribution < 1.29 is 9.47 Å². The molecule has 9 heteroatoms. The van der Waals surface area contributed by atoms with E-state index in [4.69, 9.17) is 9.47 Å². The summed E-state index contributed by atoms with van der Waals surface area (Å²) < 4.78 is 10.8. The summed E-state index contributed by atoms with van der Waals surface area (Å²) in [6.07, 6.45) is 1.09. The lowest BCUT2D eigenvalue weighted by Gasteiger charge is -2.25. The molecule has 1 aromatic heterocycles. The van der Waals surface area contributed by atoms with Crippen molar-refractivity contribution in [1.82, 2.24) is 20.4 Å². The van der Waals surface area contributed by atoms with Crippen molar-refractivity contribution in [2.24, 2.45) is 4.99 Å². The molecule has 1 aliphatic rings. The molecular weight excluding hydrogens is 537 g/mol. The number of benzene rings is 1. The van der Waals surface area contributed by atoms with E-state index in [2.05, 4.69) is 69.2 Å². The lowest BCUT2D eigenvalue weighted by molar-refractivity contribution is 0.301. The number of halogens is 1. The standard InChI is InChI=1S/C23H35N5O2S.HI/c1-24-23(25-14-21(27(2)3)22-7-6-10-31-22)26-18-8-9-28(16-18)15-17-11-19(29-4)13-20(12-17)30-5;/h6-7,10-13,18,21H,8-9,14-16H2,1-5H3,(H2,24,25,26);1H. The van der Waals surface area contributed by atoms with Crippen LogP contribution in [0.1, 0.15) is 22.9 Å². The van der Waals surface area contributed by atoms with Gasteiger partial charge in [0.15, 0.2) is 5.96 Å². The average molecular weight is 574 g/mol. The Balaban J connectivity index is 0.00000363. The molecule has 1 saturated heterocycles. The number of rotatable bonds is 9. The maximum atomic E-state index is 5.40. The Morgan fingerprint density at radius 1 is 1.25 bits per heavy atom. The second-order valence-electron chi connectivity index (χ2n) is 8.03. The summed E-state index contributed by atoms with van der Waals surface area (Å²) >= 11 is 1.79. The van der Waals surface area contributed by atoms with Gasteiger partial charge in [0.05, 0.1) is 20.3 Å². The molecule has 2 aromatic rings. The Hall–Kier alpha value is -1.56. The number of aliphatic imine (C=N–C) groups is 1. The number of thiophene rings is 1.